The first-order valence-corrected chi connectivity index (χ1v) is 6.09. The standard InChI is InChI=1S/C12H19N3OS/c1-10(11-6-3-4-7-13-11)15-12(17)14-8-5-9-16-2/h3-4,6-7,10H,5,8-9H2,1-2H3,(H2,14,15,17). The van der Waals surface area contributed by atoms with Crippen molar-refractivity contribution in [3.8, 4) is 0 Å². The monoisotopic (exact) mass is 253 g/mol. The molecule has 1 aromatic heterocycles. The van der Waals surface area contributed by atoms with Gasteiger partial charge in [-0.1, -0.05) is 6.07 Å². The Hall–Kier alpha value is -1.20. The van der Waals surface area contributed by atoms with Crippen molar-refractivity contribution in [3.63, 3.8) is 0 Å². The van der Waals surface area contributed by atoms with Crippen LogP contribution in [-0.2, 0) is 4.74 Å². The third kappa shape index (κ3) is 5.60. The zero-order chi connectivity index (χ0) is 12.5. The first-order chi connectivity index (χ1) is 8.24. The van der Waals surface area contributed by atoms with Crippen molar-refractivity contribution < 1.29 is 4.74 Å². The Morgan fingerprint density at radius 2 is 2.35 bits per heavy atom. The smallest absolute Gasteiger partial charge is 0.166 e. The van der Waals surface area contributed by atoms with E-state index in [-0.39, 0.29) is 6.04 Å². The van der Waals surface area contributed by atoms with Crippen LogP contribution in [-0.4, -0.2) is 30.4 Å². The first-order valence-electron chi connectivity index (χ1n) is 5.68. The van der Waals surface area contributed by atoms with Crippen LogP contribution < -0.4 is 10.6 Å². The molecule has 0 aliphatic heterocycles. The molecule has 0 radical (unpaired) electrons. The molecule has 17 heavy (non-hydrogen) atoms. The molecule has 1 rings (SSSR count). The lowest BCUT2D eigenvalue weighted by Gasteiger charge is -2.16. The van der Waals surface area contributed by atoms with Crippen molar-refractivity contribution in [1.82, 2.24) is 15.6 Å². The van der Waals surface area contributed by atoms with Crippen LogP contribution in [0.5, 0.6) is 0 Å². The number of nitrogens with one attached hydrogen (secondary N) is 2. The number of methoxy groups -OCH3 is 1. The van der Waals surface area contributed by atoms with Gasteiger partial charge in [-0.25, -0.2) is 0 Å². The fraction of sp³-hybridized carbons (Fsp3) is 0.500. The van der Waals surface area contributed by atoms with Gasteiger partial charge in [0.1, 0.15) is 0 Å². The van der Waals surface area contributed by atoms with E-state index in [0.29, 0.717) is 5.11 Å². The molecule has 94 valence electrons. The molecule has 0 spiro atoms. The summed E-state index contributed by atoms with van der Waals surface area (Å²) in [5, 5.41) is 6.97. The highest BCUT2D eigenvalue weighted by Crippen LogP contribution is 2.06. The van der Waals surface area contributed by atoms with Gasteiger partial charge in [-0.2, -0.15) is 0 Å². The molecule has 0 amide bonds. The fourth-order valence-electron chi connectivity index (χ4n) is 1.37. The molecule has 0 bridgehead atoms. The van der Waals surface area contributed by atoms with E-state index in [2.05, 4.69) is 15.6 Å². The molecule has 1 atom stereocenters. The van der Waals surface area contributed by atoms with E-state index in [4.69, 9.17) is 17.0 Å². The van der Waals surface area contributed by atoms with Crippen LogP contribution in [0.2, 0.25) is 0 Å². The summed E-state index contributed by atoms with van der Waals surface area (Å²) in [5.41, 5.74) is 0.980. The zero-order valence-corrected chi connectivity index (χ0v) is 11.1. The molecule has 5 heteroatoms. The third-order valence-corrected chi connectivity index (χ3v) is 2.55. The molecule has 1 aromatic rings. The number of aromatic nitrogens is 1. The van der Waals surface area contributed by atoms with Crippen molar-refractivity contribution in [2.24, 2.45) is 0 Å². The lowest BCUT2D eigenvalue weighted by atomic mass is 10.2. The van der Waals surface area contributed by atoms with E-state index in [0.717, 1.165) is 25.3 Å². The van der Waals surface area contributed by atoms with Crippen LogP contribution in [0, 0.1) is 0 Å². The number of ether oxygens (including phenoxy) is 1. The second-order valence-electron chi connectivity index (χ2n) is 3.72. The number of pyridine rings is 1. The van der Waals surface area contributed by atoms with Crippen molar-refractivity contribution in [2.75, 3.05) is 20.3 Å². The highest BCUT2D eigenvalue weighted by Gasteiger charge is 2.06. The van der Waals surface area contributed by atoms with Gasteiger partial charge in [0, 0.05) is 26.5 Å². The second-order valence-corrected chi connectivity index (χ2v) is 4.13. The summed E-state index contributed by atoms with van der Waals surface area (Å²) in [6.45, 7) is 3.59. The third-order valence-electron chi connectivity index (χ3n) is 2.29. The predicted molar refractivity (Wildman–Crippen MR) is 72.9 cm³/mol. The van der Waals surface area contributed by atoms with E-state index in [9.17, 15) is 0 Å². The molecule has 0 saturated heterocycles. The molecule has 0 aliphatic carbocycles. The Balaban J connectivity index is 2.26. The van der Waals surface area contributed by atoms with Gasteiger partial charge in [0.25, 0.3) is 0 Å². The molecule has 0 aliphatic rings. The number of nitrogens with zero attached hydrogens (tertiary/aromatic N) is 1. The first kappa shape index (κ1) is 13.9. The second kappa shape index (κ2) is 7.97. The summed E-state index contributed by atoms with van der Waals surface area (Å²) in [7, 11) is 1.69. The van der Waals surface area contributed by atoms with Crippen LogP contribution >= 0.6 is 12.2 Å². The SMILES string of the molecule is COCCCNC(=S)NC(C)c1ccccn1. The van der Waals surface area contributed by atoms with Crippen LogP contribution in [0.1, 0.15) is 25.1 Å². The highest BCUT2D eigenvalue weighted by atomic mass is 32.1. The number of hydrogen-bond acceptors (Lipinski definition) is 3. The summed E-state index contributed by atoms with van der Waals surface area (Å²) in [4.78, 5) is 4.27. The summed E-state index contributed by atoms with van der Waals surface area (Å²) in [6.07, 6.45) is 2.72. The Morgan fingerprint density at radius 1 is 1.53 bits per heavy atom. The van der Waals surface area contributed by atoms with Crippen LogP contribution in [0.25, 0.3) is 0 Å². The molecule has 0 aromatic carbocycles. The minimum atomic E-state index is 0.110. The Bertz CT molecular complexity index is 332. The molecular formula is C12H19N3OS. The molecule has 0 fully saturated rings. The van der Waals surface area contributed by atoms with Gasteiger partial charge in [-0.3, -0.25) is 4.98 Å². The van der Waals surface area contributed by atoms with Gasteiger partial charge in [0.2, 0.25) is 0 Å². The zero-order valence-electron chi connectivity index (χ0n) is 10.3. The molecule has 4 nitrogen and oxygen atoms in total. The lowest BCUT2D eigenvalue weighted by Crippen LogP contribution is -2.37. The maximum Gasteiger partial charge on any atom is 0.166 e. The van der Waals surface area contributed by atoms with Gasteiger partial charge in [0.15, 0.2) is 5.11 Å². The predicted octanol–water partition coefficient (Wildman–Crippen LogP) is 1.64. The topological polar surface area (TPSA) is 46.2 Å². The van der Waals surface area contributed by atoms with E-state index in [1.165, 1.54) is 0 Å². The Kier molecular flexibility index (Phi) is 6.50. The number of rotatable bonds is 6. The summed E-state index contributed by atoms with van der Waals surface area (Å²) >= 11 is 5.19. The number of thiocarbonyl (C=S) groups is 1. The van der Waals surface area contributed by atoms with Gasteiger partial charge < -0.3 is 15.4 Å². The minimum absolute atomic E-state index is 0.110. The van der Waals surface area contributed by atoms with Crippen molar-refractivity contribution in [2.45, 2.75) is 19.4 Å². The maximum absolute atomic E-state index is 5.19. The van der Waals surface area contributed by atoms with Crippen molar-refractivity contribution >= 4 is 17.3 Å². The average Bonchev–Trinajstić information content (AvgIpc) is 2.36. The normalized spacial score (nSPS) is 11.9. The van der Waals surface area contributed by atoms with E-state index in [1.807, 2.05) is 25.1 Å². The summed E-state index contributed by atoms with van der Waals surface area (Å²) in [5.74, 6) is 0. The van der Waals surface area contributed by atoms with Crippen molar-refractivity contribution in [1.29, 1.82) is 0 Å². The van der Waals surface area contributed by atoms with Crippen LogP contribution in [0.15, 0.2) is 24.4 Å². The van der Waals surface area contributed by atoms with E-state index < -0.39 is 0 Å². The fourth-order valence-corrected chi connectivity index (χ4v) is 1.65. The van der Waals surface area contributed by atoms with Gasteiger partial charge in [-0.15, -0.1) is 0 Å². The van der Waals surface area contributed by atoms with Crippen molar-refractivity contribution in [3.05, 3.63) is 30.1 Å². The number of hydrogen-bond donors (Lipinski definition) is 2. The van der Waals surface area contributed by atoms with E-state index in [1.54, 1.807) is 13.3 Å². The highest BCUT2D eigenvalue weighted by molar-refractivity contribution is 7.80. The maximum atomic E-state index is 5.19. The largest absolute Gasteiger partial charge is 0.385 e. The molecular weight excluding hydrogens is 234 g/mol. The quantitative estimate of drug-likeness (QED) is 0.596. The van der Waals surface area contributed by atoms with Gasteiger partial charge >= 0.3 is 0 Å². The van der Waals surface area contributed by atoms with Gasteiger partial charge in [-0.05, 0) is 37.7 Å². The Labute approximate surface area is 108 Å². The summed E-state index contributed by atoms with van der Waals surface area (Å²) in [6, 6.07) is 5.96. The van der Waals surface area contributed by atoms with Crippen LogP contribution in [0.4, 0.5) is 0 Å². The molecule has 2 N–H and O–H groups in total. The van der Waals surface area contributed by atoms with Gasteiger partial charge in [0.05, 0.1) is 11.7 Å². The molecule has 0 saturated carbocycles. The molecule has 1 heterocycles. The minimum Gasteiger partial charge on any atom is -0.385 e. The summed E-state index contributed by atoms with van der Waals surface area (Å²) < 4.78 is 4.96. The lowest BCUT2D eigenvalue weighted by molar-refractivity contribution is 0.195. The average molecular weight is 253 g/mol. The van der Waals surface area contributed by atoms with Crippen LogP contribution in [0.3, 0.4) is 0 Å². The molecule has 1 unspecified atom stereocenters. The Morgan fingerprint density at radius 3 is 3.00 bits per heavy atom. The van der Waals surface area contributed by atoms with E-state index >= 15 is 0 Å².